The summed E-state index contributed by atoms with van der Waals surface area (Å²) in [5.41, 5.74) is -2.04. The summed E-state index contributed by atoms with van der Waals surface area (Å²) in [7, 11) is 0. The van der Waals surface area contributed by atoms with Gasteiger partial charge in [-0.2, -0.15) is 0 Å². The van der Waals surface area contributed by atoms with Crippen LogP contribution in [0.25, 0.3) is 0 Å². The van der Waals surface area contributed by atoms with E-state index in [1.165, 1.54) is 12.5 Å². The molecule has 26 heavy (non-hydrogen) atoms. The van der Waals surface area contributed by atoms with E-state index in [-0.39, 0.29) is 18.7 Å². The summed E-state index contributed by atoms with van der Waals surface area (Å²) in [6, 6.07) is 0. The Morgan fingerprint density at radius 3 is 2.81 bits per heavy atom. The topological polar surface area (TPSA) is 89.9 Å². The molecule has 0 aromatic carbocycles. The quantitative estimate of drug-likeness (QED) is 0.452. The van der Waals surface area contributed by atoms with E-state index in [1.54, 1.807) is 6.92 Å². The van der Waals surface area contributed by atoms with Crippen molar-refractivity contribution in [2.45, 2.75) is 70.2 Å². The van der Waals surface area contributed by atoms with Crippen LogP contribution in [0.4, 0.5) is 0 Å². The normalized spacial score (nSPS) is 53.3. The molecule has 0 unspecified atom stereocenters. The highest BCUT2D eigenvalue weighted by atomic mass is 16.7. The number of carbonyl (C=O) groups excluding carboxylic acids is 1. The van der Waals surface area contributed by atoms with E-state index >= 15 is 0 Å². The maximum Gasteiger partial charge on any atom is 0.302 e. The predicted octanol–water partition coefficient (Wildman–Crippen LogP) is 1.34. The molecule has 7 nitrogen and oxygen atoms in total. The summed E-state index contributed by atoms with van der Waals surface area (Å²) in [4.78, 5) is 16.1. The van der Waals surface area contributed by atoms with E-state index in [2.05, 4.69) is 24.9 Å². The lowest BCUT2D eigenvalue weighted by Gasteiger charge is -2.57. The Hall–Kier alpha value is -1.44. The van der Waals surface area contributed by atoms with Crippen LogP contribution in [0.3, 0.4) is 0 Å². The average molecular weight is 363 g/mol. The molecule has 0 amide bonds. The van der Waals surface area contributed by atoms with Gasteiger partial charge in [0, 0.05) is 19.3 Å². The second kappa shape index (κ2) is 4.69. The van der Waals surface area contributed by atoms with Crippen molar-refractivity contribution in [1.82, 2.24) is 0 Å². The number of epoxide rings is 1. The first-order valence-corrected chi connectivity index (χ1v) is 9.25. The van der Waals surface area contributed by atoms with Gasteiger partial charge < -0.3 is 24.1 Å². The molecule has 7 atom stereocenters. The van der Waals surface area contributed by atoms with Gasteiger partial charge in [0.2, 0.25) is 5.72 Å². The molecule has 2 saturated heterocycles. The Bertz CT molecular complexity index is 757. The maximum atomic E-state index is 11.6. The van der Waals surface area contributed by atoms with E-state index < -0.39 is 34.4 Å². The van der Waals surface area contributed by atoms with Gasteiger partial charge in [-0.15, -0.1) is 0 Å². The standard InChI is InChI=1S/C19H25NO6/c1-10-5-6-17(8-23-12(3)21)13(7-10)26-15-18(9-24-18)16(17,4)14-19(15,22)20-11(2)25-14/h7,13-15,22H,5-6,8-9H2,1-4H3/t13-,14+,15+,16-,17+,18-,19+/m0/s1. The number of carbonyl (C=O) groups is 1. The van der Waals surface area contributed by atoms with Crippen LogP contribution in [0.5, 0.6) is 0 Å². The molecule has 3 heterocycles. The molecule has 2 bridgehead atoms. The molecule has 0 aromatic heterocycles. The molecule has 3 aliphatic heterocycles. The van der Waals surface area contributed by atoms with E-state index in [4.69, 9.17) is 18.9 Å². The van der Waals surface area contributed by atoms with Crippen LogP contribution in [0.1, 0.15) is 40.5 Å². The molecule has 142 valence electrons. The average Bonchev–Trinajstić information content (AvgIpc) is 3.28. The lowest BCUT2D eigenvalue weighted by Crippen LogP contribution is -2.66. The summed E-state index contributed by atoms with van der Waals surface area (Å²) in [5, 5.41) is 11.5. The van der Waals surface area contributed by atoms with Crippen molar-refractivity contribution in [2.24, 2.45) is 15.8 Å². The van der Waals surface area contributed by atoms with Crippen molar-refractivity contribution in [1.29, 1.82) is 0 Å². The molecule has 2 aliphatic carbocycles. The van der Waals surface area contributed by atoms with E-state index in [0.717, 1.165) is 12.8 Å². The lowest BCUT2D eigenvalue weighted by molar-refractivity contribution is -0.233. The molecular weight excluding hydrogens is 338 g/mol. The monoisotopic (exact) mass is 363 g/mol. The molecule has 1 spiro atoms. The molecule has 1 saturated carbocycles. The zero-order chi connectivity index (χ0) is 18.5. The Balaban J connectivity index is 1.70. The Labute approximate surface area is 152 Å². The van der Waals surface area contributed by atoms with Crippen LogP contribution in [0.2, 0.25) is 0 Å². The summed E-state index contributed by atoms with van der Waals surface area (Å²) >= 11 is 0. The number of ether oxygens (including phenoxy) is 4. The number of aliphatic hydroxyl groups is 1. The fourth-order valence-electron chi connectivity index (χ4n) is 6.06. The van der Waals surface area contributed by atoms with Gasteiger partial charge in [0.1, 0.15) is 18.3 Å². The van der Waals surface area contributed by atoms with Gasteiger partial charge in [-0.3, -0.25) is 4.79 Å². The third-order valence-corrected chi connectivity index (χ3v) is 7.48. The first-order valence-electron chi connectivity index (χ1n) is 9.25. The number of rotatable bonds is 2. The molecule has 0 aromatic rings. The first kappa shape index (κ1) is 16.7. The van der Waals surface area contributed by atoms with Gasteiger partial charge >= 0.3 is 5.97 Å². The van der Waals surface area contributed by atoms with Gasteiger partial charge in [-0.25, -0.2) is 4.99 Å². The summed E-state index contributed by atoms with van der Waals surface area (Å²) in [6.07, 6.45) is 2.29. The fourth-order valence-corrected chi connectivity index (χ4v) is 6.06. The Morgan fingerprint density at radius 2 is 2.15 bits per heavy atom. The van der Waals surface area contributed by atoms with Crippen LogP contribution in [-0.2, 0) is 23.7 Å². The highest BCUT2D eigenvalue weighted by molar-refractivity contribution is 5.76. The lowest BCUT2D eigenvalue weighted by atomic mass is 9.51. The summed E-state index contributed by atoms with van der Waals surface area (Å²) in [6.45, 7) is 8.03. The fraction of sp³-hybridized carbons (Fsp3) is 0.789. The number of esters is 1. The van der Waals surface area contributed by atoms with Crippen LogP contribution >= 0.6 is 0 Å². The number of hydrogen-bond donors (Lipinski definition) is 1. The van der Waals surface area contributed by atoms with Gasteiger partial charge in [-0.05, 0) is 19.8 Å². The molecule has 1 N–H and O–H groups in total. The van der Waals surface area contributed by atoms with Crippen molar-refractivity contribution in [3.8, 4) is 0 Å². The van der Waals surface area contributed by atoms with Gasteiger partial charge in [-0.1, -0.05) is 18.6 Å². The number of aliphatic imine (C=N–C) groups is 1. The van der Waals surface area contributed by atoms with Crippen LogP contribution in [-0.4, -0.2) is 59.8 Å². The van der Waals surface area contributed by atoms with Gasteiger partial charge in [0.15, 0.2) is 12.0 Å². The highest BCUT2D eigenvalue weighted by Gasteiger charge is 2.90. The third kappa shape index (κ3) is 1.62. The van der Waals surface area contributed by atoms with E-state index in [1.807, 2.05) is 0 Å². The minimum Gasteiger partial charge on any atom is -0.472 e. The first-order chi connectivity index (χ1) is 12.2. The van der Waals surface area contributed by atoms with Crippen LogP contribution in [0.15, 0.2) is 16.6 Å². The Kier molecular flexibility index (Phi) is 3.02. The van der Waals surface area contributed by atoms with Crippen LogP contribution < -0.4 is 0 Å². The number of nitrogens with zero attached hydrogens (tertiary/aromatic N) is 1. The zero-order valence-electron chi connectivity index (χ0n) is 15.6. The molecule has 5 aliphatic rings. The molecule has 7 heteroatoms. The van der Waals surface area contributed by atoms with Crippen molar-refractivity contribution in [3.63, 3.8) is 0 Å². The summed E-state index contributed by atoms with van der Waals surface area (Å²) < 4.78 is 24.1. The number of hydrogen-bond acceptors (Lipinski definition) is 7. The number of allylic oxidation sites excluding steroid dienone is 1. The second-order valence-electron chi connectivity index (χ2n) is 8.68. The van der Waals surface area contributed by atoms with Crippen molar-refractivity contribution >= 4 is 11.9 Å². The van der Waals surface area contributed by atoms with Gasteiger partial charge in [0.05, 0.1) is 18.1 Å². The minimum absolute atomic E-state index is 0.208. The Morgan fingerprint density at radius 1 is 1.42 bits per heavy atom. The minimum atomic E-state index is -1.47. The van der Waals surface area contributed by atoms with Crippen LogP contribution in [0, 0.1) is 10.8 Å². The summed E-state index contributed by atoms with van der Waals surface area (Å²) in [5.74, 6) is 0.130. The zero-order valence-corrected chi connectivity index (χ0v) is 15.6. The third-order valence-electron chi connectivity index (χ3n) is 7.48. The van der Waals surface area contributed by atoms with Crippen molar-refractivity contribution in [3.05, 3.63) is 11.6 Å². The van der Waals surface area contributed by atoms with Crippen molar-refractivity contribution < 1.29 is 28.8 Å². The smallest absolute Gasteiger partial charge is 0.302 e. The van der Waals surface area contributed by atoms with E-state index in [9.17, 15) is 9.90 Å². The predicted molar refractivity (Wildman–Crippen MR) is 90.4 cm³/mol. The maximum absolute atomic E-state index is 11.6. The highest BCUT2D eigenvalue weighted by Crippen LogP contribution is 2.75. The molecule has 3 fully saturated rings. The largest absolute Gasteiger partial charge is 0.472 e. The number of fused-ring (bicyclic) bond motifs is 5. The molecule has 0 radical (unpaired) electrons. The van der Waals surface area contributed by atoms with Gasteiger partial charge in [0.25, 0.3) is 0 Å². The second-order valence-corrected chi connectivity index (χ2v) is 8.68. The molecule has 5 rings (SSSR count). The molecular formula is C19H25NO6. The SMILES string of the molecule is CC(=O)OC[C@]12CCC(C)=C[C@@H]1O[C@H]1[C@@]3(O)N=C(C)O[C@@H]3[C@]2(C)[C@]12CO2. The van der Waals surface area contributed by atoms with E-state index in [0.29, 0.717) is 12.5 Å². The van der Waals surface area contributed by atoms with Crippen molar-refractivity contribution in [2.75, 3.05) is 13.2 Å².